The topological polar surface area (TPSA) is 93.2 Å². The van der Waals surface area contributed by atoms with E-state index < -0.39 is 5.97 Å². The molecule has 2 N–H and O–H groups in total. The highest BCUT2D eigenvalue weighted by Gasteiger charge is 2.09. The maximum atomic E-state index is 10.5. The summed E-state index contributed by atoms with van der Waals surface area (Å²) in [5.74, 6) is -1.11. The molecule has 7 nitrogen and oxygen atoms in total. The molecule has 0 saturated heterocycles. The molecule has 2 heterocycles. The fourth-order valence-electron chi connectivity index (χ4n) is 1.19. The lowest BCUT2D eigenvalue weighted by molar-refractivity contribution is 0.0690. The number of anilines is 1. The van der Waals surface area contributed by atoms with Crippen molar-refractivity contribution in [2.75, 3.05) is 5.32 Å². The molecule has 0 amide bonds. The quantitative estimate of drug-likeness (QED) is 0.791. The molecule has 0 spiro atoms. The molecule has 0 unspecified atom stereocenters. The summed E-state index contributed by atoms with van der Waals surface area (Å²) in [6.45, 7) is 0.480. The van der Waals surface area contributed by atoms with Crippen molar-refractivity contribution in [2.45, 2.75) is 6.54 Å². The molecule has 7 heteroatoms. The van der Waals surface area contributed by atoms with Gasteiger partial charge in [0.25, 0.3) is 6.01 Å². The van der Waals surface area contributed by atoms with Crippen LogP contribution in [0.25, 0.3) is 0 Å². The first-order valence-electron chi connectivity index (χ1n) is 4.55. The van der Waals surface area contributed by atoms with Crippen LogP contribution in [0.1, 0.15) is 16.1 Å². The van der Waals surface area contributed by atoms with Crippen molar-refractivity contribution in [1.29, 1.82) is 0 Å². The minimum Gasteiger partial charge on any atom is -0.476 e. The largest absolute Gasteiger partial charge is 0.476 e. The number of hydrogen-bond acceptors (Lipinski definition) is 5. The zero-order valence-corrected chi connectivity index (χ0v) is 8.54. The lowest BCUT2D eigenvalue weighted by Gasteiger charge is -1.96. The summed E-state index contributed by atoms with van der Waals surface area (Å²) in [6.07, 6.45) is 4.63. The van der Waals surface area contributed by atoms with E-state index in [2.05, 4.69) is 15.4 Å². The van der Waals surface area contributed by atoms with E-state index >= 15 is 0 Å². The Morgan fingerprint density at radius 3 is 3.06 bits per heavy atom. The molecule has 2 aromatic rings. The number of aryl methyl sites for hydroxylation is 1. The third kappa shape index (κ3) is 2.19. The summed E-state index contributed by atoms with van der Waals surface area (Å²) in [6, 6.07) is 0.182. The maximum absolute atomic E-state index is 10.5. The highest BCUT2D eigenvalue weighted by molar-refractivity contribution is 5.85. The first-order chi connectivity index (χ1) is 7.65. The number of hydrogen-bond donors (Lipinski definition) is 2. The van der Waals surface area contributed by atoms with Gasteiger partial charge >= 0.3 is 5.97 Å². The van der Waals surface area contributed by atoms with Gasteiger partial charge in [-0.3, -0.25) is 4.68 Å². The van der Waals surface area contributed by atoms with Gasteiger partial charge in [-0.2, -0.15) is 10.1 Å². The van der Waals surface area contributed by atoms with Crippen LogP contribution < -0.4 is 5.32 Å². The van der Waals surface area contributed by atoms with Gasteiger partial charge in [0, 0.05) is 25.4 Å². The molecule has 0 fully saturated rings. The Bertz CT molecular complexity index is 502. The third-order valence-electron chi connectivity index (χ3n) is 1.93. The summed E-state index contributed by atoms with van der Waals surface area (Å²) in [5.41, 5.74) is 0.839. The van der Waals surface area contributed by atoms with Crippen molar-refractivity contribution in [3.8, 4) is 0 Å². The van der Waals surface area contributed by atoms with Crippen molar-refractivity contribution in [3.63, 3.8) is 0 Å². The zero-order chi connectivity index (χ0) is 11.5. The predicted octanol–water partition coefficient (Wildman–Crippen LogP) is 0.718. The molecule has 2 rings (SSSR count). The molecule has 0 radical (unpaired) electrons. The van der Waals surface area contributed by atoms with Crippen LogP contribution >= 0.6 is 0 Å². The van der Waals surface area contributed by atoms with Crippen molar-refractivity contribution < 1.29 is 14.3 Å². The van der Waals surface area contributed by atoms with Gasteiger partial charge in [0.05, 0.1) is 6.20 Å². The molecular formula is C9H10N4O3. The molecule has 2 aromatic heterocycles. The molecule has 0 saturated carbocycles. The second kappa shape index (κ2) is 4.05. The summed E-state index contributed by atoms with van der Waals surface area (Å²) < 4.78 is 6.60. The van der Waals surface area contributed by atoms with Crippen LogP contribution in [0.2, 0.25) is 0 Å². The van der Waals surface area contributed by atoms with E-state index in [0.29, 0.717) is 6.54 Å². The van der Waals surface area contributed by atoms with E-state index in [9.17, 15) is 4.79 Å². The van der Waals surface area contributed by atoms with Gasteiger partial charge in [-0.1, -0.05) is 0 Å². The highest BCUT2D eigenvalue weighted by atomic mass is 16.4. The molecule has 84 valence electrons. The first-order valence-corrected chi connectivity index (χ1v) is 4.55. The molecule has 0 aliphatic carbocycles. The maximum Gasteiger partial charge on any atom is 0.357 e. The predicted molar refractivity (Wildman–Crippen MR) is 54.0 cm³/mol. The zero-order valence-electron chi connectivity index (χ0n) is 8.54. The Labute approximate surface area is 90.7 Å². The lowest BCUT2D eigenvalue weighted by Crippen LogP contribution is -2.00. The Morgan fingerprint density at radius 1 is 1.69 bits per heavy atom. The normalized spacial score (nSPS) is 10.3. The number of carboxylic acid groups (broad SMARTS) is 1. The van der Waals surface area contributed by atoms with Gasteiger partial charge in [0.15, 0.2) is 5.69 Å². The molecule has 16 heavy (non-hydrogen) atoms. The van der Waals surface area contributed by atoms with Crippen molar-refractivity contribution >= 4 is 12.0 Å². The number of carbonyl (C=O) groups is 1. The van der Waals surface area contributed by atoms with Gasteiger partial charge < -0.3 is 14.8 Å². The first kappa shape index (κ1) is 10.2. The summed E-state index contributed by atoms with van der Waals surface area (Å²) in [4.78, 5) is 14.3. The average Bonchev–Trinajstić information content (AvgIpc) is 2.83. The molecule has 0 aliphatic rings. The third-order valence-corrected chi connectivity index (χ3v) is 1.93. The average molecular weight is 222 g/mol. The Hall–Kier alpha value is -2.31. The smallest absolute Gasteiger partial charge is 0.357 e. The van der Waals surface area contributed by atoms with E-state index in [4.69, 9.17) is 9.52 Å². The molecule has 0 aromatic carbocycles. The van der Waals surface area contributed by atoms with Crippen LogP contribution in [0, 0.1) is 0 Å². The summed E-state index contributed by atoms with van der Waals surface area (Å²) in [7, 11) is 1.82. The van der Waals surface area contributed by atoms with E-state index in [1.807, 2.05) is 13.2 Å². The van der Waals surface area contributed by atoms with Crippen LogP contribution in [0.4, 0.5) is 6.01 Å². The van der Waals surface area contributed by atoms with Gasteiger partial charge in [0.2, 0.25) is 0 Å². The molecule has 0 aliphatic heterocycles. The second-order valence-corrected chi connectivity index (χ2v) is 3.22. The fraction of sp³-hybridized carbons (Fsp3) is 0.222. The van der Waals surface area contributed by atoms with E-state index in [0.717, 1.165) is 11.8 Å². The Kier molecular flexibility index (Phi) is 2.59. The number of carboxylic acids is 1. The number of oxazole rings is 1. The van der Waals surface area contributed by atoms with Gasteiger partial charge in [-0.15, -0.1) is 0 Å². The molecule has 0 atom stereocenters. The number of aromatic carboxylic acids is 1. The fourth-order valence-corrected chi connectivity index (χ4v) is 1.19. The molecule has 0 bridgehead atoms. The van der Waals surface area contributed by atoms with Gasteiger partial charge in [-0.25, -0.2) is 4.79 Å². The standard InChI is InChI=1S/C9H10N4O3/c1-13-4-6(3-11-13)2-10-9-12-7(5-16-9)8(14)15/h3-5H,2H2,1H3,(H,10,12)(H,14,15). The SMILES string of the molecule is Cn1cc(CNc2nc(C(=O)O)co2)cn1. The van der Waals surface area contributed by atoms with E-state index in [1.165, 1.54) is 0 Å². The number of nitrogens with zero attached hydrogens (tertiary/aromatic N) is 3. The number of aromatic nitrogens is 3. The van der Waals surface area contributed by atoms with Crippen LogP contribution in [-0.2, 0) is 13.6 Å². The monoisotopic (exact) mass is 222 g/mol. The summed E-state index contributed by atoms with van der Waals surface area (Å²) >= 11 is 0. The lowest BCUT2D eigenvalue weighted by atomic mass is 10.4. The number of nitrogens with one attached hydrogen (secondary N) is 1. The van der Waals surface area contributed by atoms with Crippen LogP contribution in [-0.4, -0.2) is 25.8 Å². The molecular weight excluding hydrogens is 212 g/mol. The highest BCUT2D eigenvalue weighted by Crippen LogP contribution is 2.08. The minimum absolute atomic E-state index is 0.117. The van der Waals surface area contributed by atoms with Gasteiger partial charge in [0.1, 0.15) is 6.26 Å². The minimum atomic E-state index is -1.11. The summed E-state index contributed by atoms with van der Waals surface area (Å²) in [5, 5.41) is 15.5. The Morgan fingerprint density at radius 2 is 2.50 bits per heavy atom. The van der Waals surface area contributed by atoms with Crippen LogP contribution in [0.3, 0.4) is 0 Å². The number of rotatable bonds is 4. The van der Waals surface area contributed by atoms with Crippen molar-refractivity contribution in [2.24, 2.45) is 7.05 Å². The Balaban J connectivity index is 1.97. The van der Waals surface area contributed by atoms with Crippen LogP contribution in [0.15, 0.2) is 23.1 Å². The second-order valence-electron chi connectivity index (χ2n) is 3.22. The van der Waals surface area contributed by atoms with Crippen LogP contribution in [0.5, 0.6) is 0 Å². The van der Waals surface area contributed by atoms with Crippen molar-refractivity contribution in [1.82, 2.24) is 14.8 Å². The van der Waals surface area contributed by atoms with E-state index in [1.54, 1.807) is 10.9 Å². The van der Waals surface area contributed by atoms with Crippen molar-refractivity contribution in [3.05, 3.63) is 29.9 Å². The van der Waals surface area contributed by atoms with Gasteiger partial charge in [-0.05, 0) is 0 Å². The van der Waals surface area contributed by atoms with E-state index in [-0.39, 0.29) is 11.7 Å².